The van der Waals surface area contributed by atoms with Crippen molar-refractivity contribution in [3.63, 3.8) is 0 Å². The second-order valence-corrected chi connectivity index (χ2v) is 7.77. The number of halogens is 1. The van der Waals surface area contributed by atoms with Crippen LogP contribution in [0, 0.1) is 5.82 Å². The molecule has 7 nitrogen and oxygen atoms in total. The summed E-state index contributed by atoms with van der Waals surface area (Å²) in [4.78, 5) is 29.3. The number of rotatable bonds is 8. The second-order valence-electron chi connectivity index (χ2n) is 7.77. The van der Waals surface area contributed by atoms with E-state index >= 15 is 0 Å². The molecule has 3 rings (SSSR count). The predicted molar refractivity (Wildman–Crippen MR) is 118 cm³/mol. The highest BCUT2D eigenvalue weighted by Crippen LogP contribution is 2.40. The van der Waals surface area contributed by atoms with Crippen LogP contribution in [-0.4, -0.2) is 68.0 Å². The average molecular weight is 442 g/mol. The van der Waals surface area contributed by atoms with Gasteiger partial charge in [0.15, 0.2) is 11.6 Å². The Labute approximate surface area is 186 Å². The fourth-order valence-electron chi connectivity index (χ4n) is 3.77. The molecule has 1 fully saturated rings. The molecule has 0 saturated carbocycles. The van der Waals surface area contributed by atoms with E-state index in [1.54, 1.807) is 31.4 Å². The van der Waals surface area contributed by atoms with E-state index < -0.39 is 29.3 Å². The molecule has 0 unspecified atom stereocenters. The van der Waals surface area contributed by atoms with Gasteiger partial charge in [0.05, 0.1) is 25.8 Å². The highest BCUT2D eigenvalue weighted by Gasteiger charge is 2.45. The van der Waals surface area contributed by atoms with Gasteiger partial charge < -0.3 is 24.4 Å². The number of carbonyl (C=O) groups excluding carboxylic acids is 2. The molecular formula is C24H27FN2O5. The third kappa shape index (κ3) is 4.60. The van der Waals surface area contributed by atoms with E-state index in [4.69, 9.17) is 9.47 Å². The van der Waals surface area contributed by atoms with E-state index in [2.05, 4.69) is 0 Å². The molecule has 0 spiro atoms. The van der Waals surface area contributed by atoms with Crippen LogP contribution in [0.2, 0.25) is 0 Å². The van der Waals surface area contributed by atoms with Crippen molar-refractivity contribution >= 4 is 17.4 Å². The smallest absolute Gasteiger partial charge is 0.295 e. The number of methoxy groups -OCH3 is 2. The van der Waals surface area contributed by atoms with Crippen molar-refractivity contribution in [3.05, 3.63) is 65.0 Å². The predicted octanol–water partition coefficient (Wildman–Crippen LogP) is 3.22. The number of ketones is 1. The van der Waals surface area contributed by atoms with E-state index in [-0.39, 0.29) is 16.9 Å². The Balaban J connectivity index is 2.10. The topological polar surface area (TPSA) is 79.3 Å². The number of nitrogens with zero attached hydrogens (tertiary/aromatic N) is 2. The third-order valence-corrected chi connectivity index (χ3v) is 5.40. The summed E-state index contributed by atoms with van der Waals surface area (Å²) in [6.07, 6.45) is 0.643. The highest BCUT2D eigenvalue weighted by atomic mass is 19.1. The lowest BCUT2D eigenvalue weighted by atomic mass is 9.95. The van der Waals surface area contributed by atoms with E-state index in [1.165, 1.54) is 24.1 Å². The van der Waals surface area contributed by atoms with Crippen LogP contribution in [0.1, 0.15) is 23.6 Å². The molecule has 8 heteroatoms. The quantitative estimate of drug-likeness (QED) is 0.384. The summed E-state index contributed by atoms with van der Waals surface area (Å²) in [5, 5.41) is 11.0. The molecule has 1 N–H and O–H groups in total. The van der Waals surface area contributed by atoms with Crippen LogP contribution < -0.4 is 9.47 Å². The summed E-state index contributed by atoms with van der Waals surface area (Å²) in [5.41, 5.74) is 0.660. The van der Waals surface area contributed by atoms with E-state index in [1.807, 2.05) is 19.0 Å². The number of hydrogen-bond acceptors (Lipinski definition) is 6. The summed E-state index contributed by atoms with van der Waals surface area (Å²) in [6.45, 7) is 1.05. The average Bonchev–Trinajstić information content (AvgIpc) is 3.03. The Bertz CT molecular complexity index is 1030. The van der Waals surface area contributed by atoms with Crippen LogP contribution >= 0.6 is 0 Å². The first-order valence-electron chi connectivity index (χ1n) is 10.2. The highest BCUT2D eigenvalue weighted by molar-refractivity contribution is 6.46. The van der Waals surface area contributed by atoms with Gasteiger partial charge in [0.1, 0.15) is 11.5 Å². The number of ether oxygens (including phenoxy) is 2. The first-order valence-corrected chi connectivity index (χ1v) is 10.2. The van der Waals surface area contributed by atoms with Crippen LogP contribution in [0.25, 0.3) is 5.76 Å². The summed E-state index contributed by atoms with van der Waals surface area (Å²) in [6, 6.07) is 10.0. The van der Waals surface area contributed by atoms with Crippen LogP contribution in [0.3, 0.4) is 0 Å². The summed E-state index contributed by atoms with van der Waals surface area (Å²) >= 11 is 0. The van der Waals surface area contributed by atoms with Crippen molar-refractivity contribution in [1.29, 1.82) is 0 Å². The standard InChI is InChI=1S/C24H27FN2O5/c1-26(2)12-5-13-27-21(15-6-9-17(31-3)10-7-15)20(23(29)24(27)30)22(28)16-8-11-19(32-4)18(25)14-16/h6-11,14,21,28H,5,12-13H2,1-4H3/t21-/m1/s1. The van der Waals surface area contributed by atoms with Crippen LogP contribution in [0.15, 0.2) is 48.0 Å². The van der Waals surface area contributed by atoms with E-state index in [9.17, 15) is 19.1 Å². The Morgan fingerprint density at radius 2 is 1.78 bits per heavy atom. The zero-order valence-corrected chi connectivity index (χ0v) is 18.6. The SMILES string of the molecule is COc1ccc([C@@H]2C(=C(O)c3ccc(OC)c(F)c3)C(=O)C(=O)N2CCCN(C)C)cc1. The summed E-state index contributed by atoms with van der Waals surface area (Å²) in [7, 11) is 6.72. The number of hydrogen-bond donors (Lipinski definition) is 1. The van der Waals surface area contributed by atoms with Crippen molar-refractivity contribution in [2.24, 2.45) is 0 Å². The lowest BCUT2D eigenvalue weighted by molar-refractivity contribution is -0.139. The van der Waals surface area contributed by atoms with Crippen molar-refractivity contribution in [1.82, 2.24) is 9.80 Å². The van der Waals surface area contributed by atoms with Gasteiger partial charge in [-0.05, 0) is 63.0 Å². The molecule has 0 bridgehead atoms. The van der Waals surface area contributed by atoms with Gasteiger partial charge in [0.25, 0.3) is 11.7 Å². The molecule has 2 aromatic carbocycles. The molecule has 1 saturated heterocycles. The molecule has 1 aliphatic heterocycles. The fraction of sp³-hybridized carbons (Fsp3) is 0.333. The normalized spacial score (nSPS) is 17.8. The molecule has 1 atom stereocenters. The second kappa shape index (κ2) is 9.82. The van der Waals surface area contributed by atoms with E-state index in [0.29, 0.717) is 24.3 Å². The summed E-state index contributed by atoms with van der Waals surface area (Å²) < 4.78 is 24.4. The van der Waals surface area contributed by atoms with Gasteiger partial charge in [0, 0.05) is 12.1 Å². The number of aliphatic hydroxyl groups is 1. The van der Waals surface area contributed by atoms with Crippen LogP contribution in [0.4, 0.5) is 4.39 Å². The molecule has 170 valence electrons. The molecule has 0 radical (unpaired) electrons. The minimum absolute atomic E-state index is 0.0115. The van der Waals surface area contributed by atoms with Gasteiger partial charge in [-0.1, -0.05) is 12.1 Å². The maximum atomic E-state index is 14.3. The molecular weight excluding hydrogens is 415 g/mol. The summed E-state index contributed by atoms with van der Waals surface area (Å²) in [5.74, 6) is -1.98. The number of likely N-dealkylation sites (tertiary alicyclic amines) is 1. The Morgan fingerprint density at radius 1 is 1.09 bits per heavy atom. The van der Waals surface area contributed by atoms with Crippen molar-refractivity contribution in [2.75, 3.05) is 41.4 Å². The van der Waals surface area contributed by atoms with Crippen LogP contribution in [-0.2, 0) is 9.59 Å². The van der Waals surface area contributed by atoms with Crippen LogP contribution in [0.5, 0.6) is 11.5 Å². The van der Waals surface area contributed by atoms with Gasteiger partial charge in [-0.15, -0.1) is 0 Å². The minimum Gasteiger partial charge on any atom is -0.507 e. The lowest BCUT2D eigenvalue weighted by Crippen LogP contribution is -2.32. The van der Waals surface area contributed by atoms with Gasteiger partial charge in [-0.25, -0.2) is 4.39 Å². The molecule has 32 heavy (non-hydrogen) atoms. The van der Waals surface area contributed by atoms with Crippen molar-refractivity contribution in [3.8, 4) is 11.5 Å². The molecule has 1 heterocycles. The van der Waals surface area contributed by atoms with Gasteiger partial charge in [-0.3, -0.25) is 9.59 Å². The van der Waals surface area contributed by atoms with Gasteiger partial charge >= 0.3 is 0 Å². The Hall–Kier alpha value is -3.39. The van der Waals surface area contributed by atoms with Gasteiger partial charge in [0.2, 0.25) is 0 Å². The number of benzene rings is 2. The number of amides is 1. The largest absolute Gasteiger partial charge is 0.507 e. The number of carbonyl (C=O) groups is 2. The van der Waals surface area contributed by atoms with Crippen molar-refractivity contribution < 1.29 is 28.6 Å². The Kier molecular flexibility index (Phi) is 7.15. The third-order valence-electron chi connectivity index (χ3n) is 5.40. The molecule has 2 aromatic rings. The first-order chi connectivity index (χ1) is 15.3. The number of aliphatic hydroxyl groups excluding tert-OH is 1. The molecule has 0 aromatic heterocycles. The maximum Gasteiger partial charge on any atom is 0.295 e. The van der Waals surface area contributed by atoms with Gasteiger partial charge in [-0.2, -0.15) is 0 Å². The zero-order chi connectivity index (χ0) is 23.4. The molecule has 0 aliphatic carbocycles. The fourth-order valence-corrected chi connectivity index (χ4v) is 3.77. The maximum absolute atomic E-state index is 14.3. The minimum atomic E-state index is -0.801. The molecule has 1 amide bonds. The lowest BCUT2D eigenvalue weighted by Gasteiger charge is -2.26. The molecule has 1 aliphatic rings. The van der Waals surface area contributed by atoms with E-state index in [0.717, 1.165) is 12.6 Å². The van der Waals surface area contributed by atoms with Crippen molar-refractivity contribution in [2.45, 2.75) is 12.5 Å². The first kappa shape index (κ1) is 23.3. The number of Topliss-reactive ketones (excluding diaryl/α,β-unsaturated/α-hetero) is 1. The Morgan fingerprint density at radius 3 is 2.34 bits per heavy atom. The zero-order valence-electron chi connectivity index (χ0n) is 18.6. The monoisotopic (exact) mass is 442 g/mol.